The zero-order valence-corrected chi connectivity index (χ0v) is 20.8. The van der Waals surface area contributed by atoms with Crippen LogP contribution in [0.3, 0.4) is 0 Å². The molecule has 0 saturated heterocycles. The molecule has 2 N–H and O–H groups in total. The maximum atomic E-state index is 13.3. The second-order valence-electron chi connectivity index (χ2n) is 7.75. The lowest BCUT2D eigenvalue weighted by molar-refractivity contribution is -0.118. The van der Waals surface area contributed by atoms with Crippen molar-refractivity contribution >= 4 is 67.9 Å². The van der Waals surface area contributed by atoms with Crippen molar-refractivity contribution in [3.05, 3.63) is 85.2 Å². The van der Waals surface area contributed by atoms with Crippen LogP contribution in [0.4, 0.5) is 11.4 Å². The number of anilines is 2. The lowest BCUT2D eigenvalue weighted by Gasteiger charge is -2.15. The van der Waals surface area contributed by atoms with Crippen LogP contribution in [0.1, 0.15) is 33.8 Å². The van der Waals surface area contributed by atoms with Gasteiger partial charge in [-0.3, -0.25) is 19.0 Å². The molecule has 0 aliphatic heterocycles. The quantitative estimate of drug-likeness (QED) is 0.350. The number of rotatable bonds is 5. The third-order valence-corrected chi connectivity index (χ3v) is 7.22. The number of carbonyl (C=O) groups is 2. The highest BCUT2D eigenvalue weighted by Crippen LogP contribution is 2.29. The Morgan fingerprint density at radius 1 is 1.06 bits per heavy atom. The average molecular weight is 515 g/mol. The van der Waals surface area contributed by atoms with Gasteiger partial charge in [0.25, 0.3) is 11.5 Å². The fourth-order valence-corrected chi connectivity index (χ4v) is 4.85. The van der Waals surface area contributed by atoms with E-state index in [-0.39, 0.29) is 5.91 Å². The van der Waals surface area contributed by atoms with Gasteiger partial charge >= 0.3 is 0 Å². The number of para-hydroxylation sites is 1. The molecule has 0 bridgehead atoms. The molecule has 1 unspecified atom stereocenters. The number of hydrogen-bond donors (Lipinski definition) is 2. The van der Waals surface area contributed by atoms with Gasteiger partial charge in [0, 0.05) is 10.7 Å². The number of hydrogen-bond acceptors (Lipinski definition) is 5. The topological polar surface area (TPSA) is 93.1 Å². The summed E-state index contributed by atoms with van der Waals surface area (Å²) in [7, 11) is 0. The minimum absolute atomic E-state index is 0.308. The number of nitrogens with one attached hydrogen (secondary N) is 2. The number of thiophene rings is 1. The number of benzene rings is 2. The van der Waals surface area contributed by atoms with Crippen molar-refractivity contribution in [2.75, 3.05) is 10.6 Å². The molecule has 0 saturated carbocycles. The summed E-state index contributed by atoms with van der Waals surface area (Å²) >= 11 is 13.3. The number of nitrogens with zero attached hydrogens (tertiary/aromatic N) is 2. The summed E-state index contributed by atoms with van der Waals surface area (Å²) in [5, 5.41) is 6.62. The van der Waals surface area contributed by atoms with E-state index < -0.39 is 17.5 Å². The van der Waals surface area contributed by atoms with Crippen LogP contribution in [0.25, 0.3) is 10.2 Å². The Morgan fingerprint density at radius 3 is 2.53 bits per heavy atom. The standard InChI is InChI=1S/C24H20Cl2N4O3S/c1-12-6-4-5-7-17(12)28-22(32)20-13(2)19-23(34-20)27-11-30(24(19)33)14(3)21(31)29-18-10-15(25)8-9-16(18)26/h4-11,14H,1-3H3,(H,28,32)(H,29,31). The van der Waals surface area contributed by atoms with Crippen molar-refractivity contribution in [3.8, 4) is 0 Å². The molecular formula is C24H20Cl2N4O3S. The van der Waals surface area contributed by atoms with E-state index in [0.29, 0.717) is 42.1 Å². The van der Waals surface area contributed by atoms with Gasteiger partial charge in [-0.1, -0.05) is 41.4 Å². The molecule has 2 aromatic carbocycles. The first-order valence-electron chi connectivity index (χ1n) is 10.3. The zero-order chi connectivity index (χ0) is 24.6. The van der Waals surface area contributed by atoms with Crippen LogP contribution in [-0.4, -0.2) is 21.4 Å². The number of amides is 2. The highest BCUT2D eigenvalue weighted by atomic mass is 35.5. The van der Waals surface area contributed by atoms with Crippen molar-refractivity contribution in [3.63, 3.8) is 0 Å². The minimum Gasteiger partial charge on any atom is -0.323 e. The van der Waals surface area contributed by atoms with E-state index in [1.165, 1.54) is 17.0 Å². The van der Waals surface area contributed by atoms with E-state index in [2.05, 4.69) is 15.6 Å². The second-order valence-corrected chi connectivity index (χ2v) is 9.59. The molecule has 4 aromatic rings. The summed E-state index contributed by atoms with van der Waals surface area (Å²) in [5.41, 5.74) is 2.07. The van der Waals surface area contributed by atoms with Gasteiger partial charge in [-0.2, -0.15) is 0 Å². The summed E-state index contributed by atoms with van der Waals surface area (Å²) < 4.78 is 1.23. The highest BCUT2D eigenvalue weighted by Gasteiger charge is 2.23. The molecule has 4 rings (SSSR count). The third kappa shape index (κ3) is 4.57. The molecular weight excluding hydrogens is 495 g/mol. The van der Waals surface area contributed by atoms with Crippen LogP contribution < -0.4 is 16.2 Å². The lowest BCUT2D eigenvalue weighted by atomic mass is 10.1. The van der Waals surface area contributed by atoms with Crippen LogP contribution >= 0.6 is 34.5 Å². The van der Waals surface area contributed by atoms with Crippen molar-refractivity contribution in [2.24, 2.45) is 0 Å². The molecule has 0 spiro atoms. The molecule has 0 radical (unpaired) electrons. The number of aryl methyl sites for hydroxylation is 2. The fourth-order valence-electron chi connectivity index (χ4n) is 3.48. The smallest absolute Gasteiger partial charge is 0.266 e. The summed E-state index contributed by atoms with van der Waals surface area (Å²) in [6.45, 7) is 5.18. The van der Waals surface area contributed by atoms with Gasteiger partial charge in [0.15, 0.2) is 0 Å². The molecule has 0 fully saturated rings. The second kappa shape index (κ2) is 9.58. The lowest BCUT2D eigenvalue weighted by Crippen LogP contribution is -2.31. The Hall–Kier alpha value is -3.20. The van der Waals surface area contributed by atoms with E-state index in [1.54, 1.807) is 26.0 Å². The Labute approximate surface area is 209 Å². The zero-order valence-electron chi connectivity index (χ0n) is 18.5. The van der Waals surface area contributed by atoms with Crippen molar-refractivity contribution in [1.82, 2.24) is 9.55 Å². The summed E-state index contributed by atoms with van der Waals surface area (Å²) in [4.78, 5) is 44.2. The van der Waals surface area contributed by atoms with Gasteiger partial charge in [-0.05, 0) is 56.2 Å². The minimum atomic E-state index is -0.886. The van der Waals surface area contributed by atoms with Crippen molar-refractivity contribution in [1.29, 1.82) is 0 Å². The van der Waals surface area contributed by atoms with Gasteiger partial charge in [-0.15, -0.1) is 11.3 Å². The number of fused-ring (bicyclic) bond motifs is 1. The van der Waals surface area contributed by atoms with Gasteiger partial charge in [-0.25, -0.2) is 4.98 Å². The summed E-state index contributed by atoms with van der Waals surface area (Å²) in [6.07, 6.45) is 1.31. The molecule has 0 aliphatic carbocycles. The van der Waals surface area contributed by atoms with E-state index >= 15 is 0 Å². The number of halogens is 2. The maximum absolute atomic E-state index is 13.3. The number of carbonyl (C=O) groups excluding carboxylic acids is 2. The molecule has 10 heteroatoms. The van der Waals surface area contributed by atoms with Crippen molar-refractivity contribution < 1.29 is 9.59 Å². The Bertz CT molecular complexity index is 1500. The first-order chi connectivity index (χ1) is 16.2. The molecule has 7 nitrogen and oxygen atoms in total. The van der Waals surface area contributed by atoms with E-state index in [0.717, 1.165) is 16.9 Å². The van der Waals surface area contributed by atoms with Crippen LogP contribution in [0.2, 0.25) is 10.0 Å². The van der Waals surface area contributed by atoms with E-state index in [1.807, 2.05) is 31.2 Å². The molecule has 2 heterocycles. The van der Waals surface area contributed by atoms with Gasteiger partial charge in [0.2, 0.25) is 5.91 Å². The van der Waals surface area contributed by atoms with E-state index in [4.69, 9.17) is 23.2 Å². The Balaban J connectivity index is 1.65. The average Bonchev–Trinajstić information content (AvgIpc) is 3.15. The normalized spacial score (nSPS) is 11.9. The predicted molar refractivity (Wildman–Crippen MR) is 138 cm³/mol. The molecule has 2 amide bonds. The molecule has 2 aromatic heterocycles. The molecule has 1 atom stereocenters. The van der Waals surface area contributed by atoms with Crippen molar-refractivity contribution in [2.45, 2.75) is 26.8 Å². The molecule has 34 heavy (non-hydrogen) atoms. The summed E-state index contributed by atoms with van der Waals surface area (Å²) in [6, 6.07) is 11.3. The highest BCUT2D eigenvalue weighted by molar-refractivity contribution is 7.20. The number of aromatic nitrogens is 2. The molecule has 0 aliphatic rings. The summed E-state index contributed by atoms with van der Waals surface area (Å²) in [5.74, 6) is -0.778. The van der Waals surface area contributed by atoms with Gasteiger partial charge in [0.05, 0.1) is 27.3 Å². The first kappa shape index (κ1) is 23.9. The maximum Gasteiger partial charge on any atom is 0.266 e. The van der Waals surface area contributed by atoms with Gasteiger partial charge < -0.3 is 10.6 Å². The Kier molecular flexibility index (Phi) is 6.74. The van der Waals surface area contributed by atoms with Crippen LogP contribution in [0.15, 0.2) is 53.6 Å². The fraction of sp³-hybridized carbons (Fsp3) is 0.167. The third-order valence-electron chi connectivity index (χ3n) is 5.46. The van der Waals surface area contributed by atoms with E-state index in [9.17, 15) is 14.4 Å². The first-order valence-corrected chi connectivity index (χ1v) is 11.9. The monoisotopic (exact) mass is 514 g/mol. The Morgan fingerprint density at radius 2 is 1.79 bits per heavy atom. The molecule has 174 valence electrons. The largest absolute Gasteiger partial charge is 0.323 e. The van der Waals surface area contributed by atoms with Gasteiger partial charge in [0.1, 0.15) is 10.9 Å². The van der Waals surface area contributed by atoms with Crippen LogP contribution in [0.5, 0.6) is 0 Å². The SMILES string of the molecule is Cc1ccccc1NC(=O)c1sc2ncn(C(C)C(=O)Nc3cc(Cl)ccc3Cl)c(=O)c2c1C. The van der Waals surface area contributed by atoms with Crippen LogP contribution in [0, 0.1) is 13.8 Å². The van der Waals surface area contributed by atoms with Crippen LogP contribution in [-0.2, 0) is 4.79 Å². The predicted octanol–water partition coefficient (Wildman–Crippen LogP) is 5.83.